The van der Waals surface area contributed by atoms with Gasteiger partial charge in [0.05, 0.1) is 5.60 Å². The van der Waals surface area contributed by atoms with E-state index in [1.54, 1.807) is 12.3 Å². The summed E-state index contributed by atoms with van der Waals surface area (Å²) in [5.41, 5.74) is 1.76. The Morgan fingerprint density at radius 2 is 1.84 bits per heavy atom. The Bertz CT molecular complexity index is 752. The van der Waals surface area contributed by atoms with E-state index in [1.807, 2.05) is 12.1 Å². The van der Waals surface area contributed by atoms with E-state index < -0.39 is 5.60 Å². The molecule has 2 unspecified atom stereocenters. The molecule has 2 fully saturated rings. The van der Waals surface area contributed by atoms with Crippen molar-refractivity contribution in [1.82, 2.24) is 9.88 Å². The molecule has 128 valence electrons. The molecule has 4 heteroatoms. The second kappa shape index (κ2) is 6.59. The number of rotatable bonds is 3. The number of nitriles is 1. The molecule has 1 N–H and O–H groups in total. The number of benzene rings is 1. The van der Waals surface area contributed by atoms with Crippen LogP contribution in [-0.4, -0.2) is 27.1 Å². The van der Waals surface area contributed by atoms with Crippen LogP contribution in [0.1, 0.15) is 48.9 Å². The normalized spacial score (nSPS) is 29.1. The van der Waals surface area contributed by atoms with Crippen LogP contribution >= 0.6 is 0 Å². The van der Waals surface area contributed by atoms with Crippen molar-refractivity contribution in [2.75, 3.05) is 0 Å². The number of fused-ring (bicyclic) bond motifs is 2. The lowest BCUT2D eigenvalue weighted by molar-refractivity contribution is -0.100. The third kappa shape index (κ3) is 3.18. The third-order valence-electron chi connectivity index (χ3n) is 5.78. The summed E-state index contributed by atoms with van der Waals surface area (Å²) in [6.07, 6.45) is 6.67. The smallest absolute Gasteiger partial charge is 0.140 e. The molecule has 0 radical (unpaired) electrons. The van der Waals surface area contributed by atoms with Gasteiger partial charge in [-0.15, -0.1) is 0 Å². The molecule has 25 heavy (non-hydrogen) atoms. The number of pyridine rings is 1. The lowest BCUT2D eigenvalue weighted by Gasteiger charge is -2.52. The monoisotopic (exact) mass is 333 g/mol. The Morgan fingerprint density at radius 3 is 2.44 bits per heavy atom. The molecular formula is C21H23N3O. The van der Waals surface area contributed by atoms with Crippen molar-refractivity contribution in [2.24, 2.45) is 0 Å². The van der Waals surface area contributed by atoms with E-state index in [-0.39, 0.29) is 0 Å². The van der Waals surface area contributed by atoms with E-state index in [4.69, 9.17) is 5.26 Å². The van der Waals surface area contributed by atoms with Crippen LogP contribution in [0.4, 0.5) is 0 Å². The highest BCUT2D eigenvalue weighted by Crippen LogP contribution is 2.44. The number of hydrogen-bond acceptors (Lipinski definition) is 4. The highest BCUT2D eigenvalue weighted by atomic mass is 16.3. The van der Waals surface area contributed by atoms with Crippen molar-refractivity contribution < 1.29 is 5.11 Å². The van der Waals surface area contributed by atoms with Crippen molar-refractivity contribution in [2.45, 2.75) is 56.3 Å². The summed E-state index contributed by atoms with van der Waals surface area (Å²) >= 11 is 0. The minimum absolute atomic E-state index is 0.397. The molecule has 0 aliphatic carbocycles. The SMILES string of the molecule is N#Cc1ccc(C2(O)CC3CCCC(C2)N3Cc2ccccc2)cn1. The quantitative estimate of drug-likeness (QED) is 0.936. The maximum Gasteiger partial charge on any atom is 0.140 e. The van der Waals surface area contributed by atoms with Gasteiger partial charge in [0.1, 0.15) is 11.8 Å². The summed E-state index contributed by atoms with van der Waals surface area (Å²) in [4.78, 5) is 6.75. The number of aromatic nitrogens is 1. The molecule has 1 aromatic heterocycles. The second-order valence-electron chi connectivity index (χ2n) is 7.38. The molecular weight excluding hydrogens is 310 g/mol. The highest BCUT2D eigenvalue weighted by molar-refractivity contribution is 5.28. The number of aliphatic hydroxyl groups is 1. The number of hydrogen-bond donors (Lipinski definition) is 1. The lowest BCUT2D eigenvalue weighted by atomic mass is 9.72. The van der Waals surface area contributed by atoms with Gasteiger partial charge in [-0.2, -0.15) is 5.26 Å². The van der Waals surface area contributed by atoms with Gasteiger partial charge in [-0.3, -0.25) is 4.90 Å². The van der Waals surface area contributed by atoms with Crippen molar-refractivity contribution in [3.05, 3.63) is 65.5 Å². The molecule has 4 rings (SSSR count). The van der Waals surface area contributed by atoms with Crippen LogP contribution in [0.15, 0.2) is 48.7 Å². The van der Waals surface area contributed by atoms with Crippen LogP contribution < -0.4 is 0 Å². The average Bonchev–Trinajstić information content (AvgIpc) is 2.64. The zero-order valence-electron chi connectivity index (χ0n) is 14.3. The van der Waals surface area contributed by atoms with Gasteiger partial charge in [0.15, 0.2) is 0 Å². The van der Waals surface area contributed by atoms with Crippen molar-refractivity contribution >= 4 is 0 Å². The molecule has 2 aromatic rings. The summed E-state index contributed by atoms with van der Waals surface area (Å²) in [6.45, 7) is 0.956. The molecule has 2 atom stereocenters. The topological polar surface area (TPSA) is 60.1 Å². The van der Waals surface area contributed by atoms with E-state index in [9.17, 15) is 5.11 Å². The van der Waals surface area contributed by atoms with E-state index in [0.717, 1.165) is 37.8 Å². The molecule has 0 saturated carbocycles. The predicted octanol–water partition coefficient (Wildman–Crippen LogP) is 3.36. The van der Waals surface area contributed by atoms with Gasteiger partial charge in [-0.1, -0.05) is 42.8 Å². The first kappa shape index (κ1) is 16.3. The average molecular weight is 333 g/mol. The van der Waals surface area contributed by atoms with Gasteiger partial charge in [0, 0.05) is 30.4 Å². The fourth-order valence-corrected chi connectivity index (χ4v) is 4.54. The Morgan fingerprint density at radius 1 is 1.12 bits per heavy atom. The second-order valence-corrected chi connectivity index (χ2v) is 7.38. The van der Waals surface area contributed by atoms with Crippen LogP contribution in [0.2, 0.25) is 0 Å². The minimum Gasteiger partial charge on any atom is -0.385 e. The molecule has 1 aromatic carbocycles. The molecule has 4 nitrogen and oxygen atoms in total. The molecule has 2 saturated heterocycles. The Kier molecular flexibility index (Phi) is 4.29. The summed E-state index contributed by atoms with van der Waals surface area (Å²) < 4.78 is 0. The molecule has 3 heterocycles. The Balaban J connectivity index is 1.56. The summed E-state index contributed by atoms with van der Waals surface area (Å²) in [5.74, 6) is 0. The van der Waals surface area contributed by atoms with Gasteiger partial charge >= 0.3 is 0 Å². The van der Waals surface area contributed by atoms with E-state index in [0.29, 0.717) is 17.8 Å². The largest absolute Gasteiger partial charge is 0.385 e. The first-order valence-corrected chi connectivity index (χ1v) is 9.07. The number of nitrogens with zero attached hydrogens (tertiary/aromatic N) is 3. The van der Waals surface area contributed by atoms with Crippen LogP contribution in [0.3, 0.4) is 0 Å². The van der Waals surface area contributed by atoms with Crippen LogP contribution in [0.5, 0.6) is 0 Å². The fourth-order valence-electron chi connectivity index (χ4n) is 4.54. The van der Waals surface area contributed by atoms with Crippen molar-refractivity contribution in [3.63, 3.8) is 0 Å². The van der Waals surface area contributed by atoms with Gasteiger partial charge < -0.3 is 5.11 Å². The van der Waals surface area contributed by atoms with Crippen LogP contribution in [0.25, 0.3) is 0 Å². The van der Waals surface area contributed by atoms with Gasteiger partial charge in [-0.05, 0) is 37.3 Å². The summed E-state index contributed by atoms with van der Waals surface area (Å²) in [5, 5.41) is 20.3. The molecule has 0 spiro atoms. The maximum atomic E-state index is 11.3. The highest BCUT2D eigenvalue weighted by Gasteiger charge is 2.46. The lowest BCUT2D eigenvalue weighted by Crippen LogP contribution is -2.56. The van der Waals surface area contributed by atoms with Crippen LogP contribution in [0, 0.1) is 11.3 Å². The zero-order valence-corrected chi connectivity index (χ0v) is 14.3. The first-order chi connectivity index (χ1) is 12.2. The maximum absolute atomic E-state index is 11.3. The first-order valence-electron chi connectivity index (χ1n) is 9.07. The summed E-state index contributed by atoms with van der Waals surface area (Å²) in [6, 6.07) is 17.0. The van der Waals surface area contributed by atoms with Gasteiger partial charge in [0.2, 0.25) is 0 Å². The van der Waals surface area contributed by atoms with Gasteiger partial charge in [0.25, 0.3) is 0 Å². The molecule has 2 bridgehead atoms. The molecule has 2 aliphatic rings. The predicted molar refractivity (Wildman–Crippen MR) is 95.5 cm³/mol. The van der Waals surface area contributed by atoms with Crippen LogP contribution in [-0.2, 0) is 12.1 Å². The van der Waals surface area contributed by atoms with Crippen molar-refractivity contribution in [1.29, 1.82) is 5.26 Å². The van der Waals surface area contributed by atoms with E-state index in [1.165, 1.54) is 12.0 Å². The van der Waals surface area contributed by atoms with Gasteiger partial charge in [-0.25, -0.2) is 4.98 Å². The minimum atomic E-state index is -0.829. The Hall–Kier alpha value is -2.22. The van der Waals surface area contributed by atoms with Crippen molar-refractivity contribution in [3.8, 4) is 6.07 Å². The zero-order chi connectivity index (χ0) is 17.3. The molecule has 0 amide bonds. The van der Waals surface area contributed by atoms with E-state index in [2.05, 4.69) is 40.2 Å². The molecule has 2 aliphatic heterocycles. The van der Waals surface area contributed by atoms with E-state index >= 15 is 0 Å². The fraction of sp³-hybridized carbons (Fsp3) is 0.429. The Labute approximate surface area is 148 Å². The summed E-state index contributed by atoms with van der Waals surface area (Å²) in [7, 11) is 0. The third-order valence-corrected chi connectivity index (χ3v) is 5.78. The standard InChI is InChI=1S/C21H23N3O/c22-13-18-10-9-17(14-23-18)21(25)11-19-7-4-8-20(12-21)24(19)15-16-5-2-1-3-6-16/h1-3,5-6,9-10,14,19-20,25H,4,7-8,11-12,15H2. The number of piperidine rings is 2.